The molecule has 2 heterocycles. The molecular weight excluding hydrogens is 416 g/mol. The summed E-state index contributed by atoms with van der Waals surface area (Å²) in [4.78, 5) is 14.3. The van der Waals surface area contributed by atoms with E-state index < -0.39 is 0 Å². The number of fused-ring (bicyclic) bond motifs is 6. The molecule has 0 amide bonds. The first kappa shape index (κ1) is 19.7. The maximum atomic E-state index is 14.3. The van der Waals surface area contributed by atoms with E-state index in [0.29, 0.717) is 17.1 Å². The summed E-state index contributed by atoms with van der Waals surface area (Å²) in [5.41, 5.74) is 5.35. The summed E-state index contributed by atoms with van der Waals surface area (Å²) in [6.45, 7) is 0.480. The Balaban J connectivity index is 1.72. The van der Waals surface area contributed by atoms with Gasteiger partial charge in [-0.2, -0.15) is 0 Å². The van der Waals surface area contributed by atoms with Crippen molar-refractivity contribution in [2.75, 3.05) is 0 Å². The lowest BCUT2D eigenvalue weighted by Gasteiger charge is -2.39. The molecule has 6 rings (SSSR count). The van der Waals surface area contributed by atoms with Crippen LogP contribution in [0.1, 0.15) is 55.2 Å². The number of nitrogens with zero attached hydrogens (tertiary/aromatic N) is 3. The van der Waals surface area contributed by atoms with Gasteiger partial charge in [0.2, 0.25) is 10.5 Å². The summed E-state index contributed by atoms with van der Waals surface area (Å²) in [5.74, 6) is 0.586. The minimum Gasteiger partial charge on any atom is -0.272 e. The van der Waals surface area contributed by atoms with Gasteiger partial charge in [0.25, 0.3) is 5.56 Å². The maximum Gasteiger partial charge on any atom is 0.259 e. The van der Waals surface area contributed by atoms with Gasteiger partial charge < -0.3 is 0 Å². The molecule has 2 aromatic carbocycles. The Hall–Kier alpha value is -2.99. The van der Waals surface area contributed by atoms with Gasteiger partial charge in [-0.25, -0.2) is 5.10 Å². The van der Waals surface area contributed by atoms with Crippen LogP contribution in [-0.4, -0.2) is 19.2 Å². The first-order chi connectivity index (χ1) is 15.7. The third kappa shape index (κ3) is 2.93. The van der Waals surface area contributed by atoms with E-state index in [2.05, 4.69) is 46.6 Å². The van der Waals surface area contributed by atoms with Crippen LogP contribution in [0.15, 0.2) is 59.4 Å². The summed E-state index contributed by atoms with van der Waals surface area (Å²) in [7, 11) is 0. The number of benzene rings is 2. The van der Waals surface area contributed by atoms with Crippen LogP contribution in [0.3, 0.4) is 0 Å². The van der Waals surface area contributed by atoms with Crippen LogP contribution >= 0.6 is 12.2 Å². The highest BCUT2D eigenvalue weighted by Crippen LogP contribution is 2.48. The van der Waals surface area contributed by atoms with Crippen molar-refractivity contribution >= 4 is 18.0 Å². The van der Waals surface area contributed by atoms with E-state index in [0.717, 1.165) is 54.5 Å². The average molecular weight is 443 g/mol. The third-order valence-corrected chi connectivity index (χ3v) is 7.67. The average Bonchev–Trinajstić information content (AvgIpc) is 3.04. The van der Waals surface area contributed by atoms with Gasteiger partial charge in [0.05, 0.1) is 12.2 Å². The highest BCUT2D eigenvalue weighted by Gasteiger charge is 2.43. The van der Waals surface area contributed by atoms with E-state index in [1.165, 1.54) is 18.4 Å². The molecule has 5 nitrogen and oxygen atoms in total. The van der Waals surface area contributed by atoms with Gasteiger partial charge >= 0.3 is 0 Å². The topological polar surface area (TPSA) is 55.1 Å². The third-order valence-electron chi connectivity index (χ3n) is 7.39. The van der Waals surface area contributed by atoms with E-state index in [4.69, 9.17) is 12.2 Å². The molecule has 6 heteroatoms. The zero-order valence-corrected chi connectivity index (χ0v) is 18.8. The number of hydrogen-bond acceptors (Lipinski definition) is 3. The quantitative estimate of drug-likeness (QED) is 0.422. The van der Waals surface area contributed by atoms with Crippen LogP contribution in [-0.2, 0) is 18.4 Å². The van der Waals surface area contributed by atoms with Crippen molar-refractivity contribution < 1.29 is 0 Å². The molecule has 0 radical (unpaired) electrons. The minimum atomic E-state index is -0.143. The SMILES string of the molecule is O=c1c2c(n3c(=S)[nH]nc3n1Cc1ccccc1)-c1ccccc1CC21CCCCCC1. The fraction of sp³-hybridized carbons (Fsp3) is 0.346. The molecule has 32 heavy (non-hydrogen) atoms. The number of nitrogens with one attached hydrogen (secondary N) is 1. The molecule has 1 saturated carbocycles. The maximum absolute atomic E-state index is 14.3. The molecule has 2 aromatic heterocycles. The molecule has 2 aliphatic carbocycles. The number of aromatic amines is 1. The Labute approximate surface area is 191 Å². The smallest absolute Gasteiger partial charge is 0.259 e. The van der Waals surface area contributed by atoms with Gasteiger partial charge in [0, 0.05) is 16.5 Å². The molecular formula is C26H26N4OS. The number of hydrogen-bond donors (Lipinski definition) is 1. The fourth-order valence-corrected chi connectivity index (χ4v) is 6.16. The van der Waals surface area contributed by atoms with Gasteiger partial charge in [-0.05, 0) is 42.6 Å². The molecule has 0 saturated heterocycles. The van der Waals surface area contributed by atoms with Crippen molar-refractivity contribution in [1.29, 1.82) is 0 Å². The van der Waals surface area contributed by atoms with Crippen molar-refractivity contribution in [2.24, 2.45) is 0 Å². The lowest BCUT2D eigenvalue weighted by atomic mass is 9.65. The van der Waals surface area contributed by atoms with Gasteiger partial charge in [0.15, 0.2) is 0 Å². The highest BCUT2D eigenvalue weighted by molar-refractivity contribution is 7.71. The lowest BCUT2D eigenvalue weighted by Crippen LogP contribution is -2.42. The molecule has 2 aliphatic rings. The van der Waals surface area contributed by atoms with Crippen molar-refractivity contribution in [1.82, 2.24) is 19.2 Å². The van der Waals surface area contributed by atoms with Gasteiger partial charge in [-0.1, -0.05) is 80.3 Å². The number of H-pyrrole nitrogens is 1. The molecule has 4 aromatic rings. The molecule has 1 fully saturated rings. The summed E-state index contributed by atoms with van der Waals surface area (Å²) < 4.78 is 4.37. The van der Waals surface area contributed by atoms with Crippen molar-refractivity contribution in [3.63, 3.8) is 0 Å². The van der Waals surface area contributed by atoms with E-state index >= 15 is 0 Å². The Kier molecular flexibility index (Phi) is 4.65. The first-order valence-corrected chi connectivity index (χ1v) is 12.0. The monoisotopic (exact) mass is 442 g/mol. The predicted molar refractivity (Wildman–Crippen MR) is 129 cm³/mol. The normalized spacial score (nSPS) is 17.1. The van der Waals surface area contributed by atoms with Crippen LogP contribution in [0, 0.1) is 4.77 Å². The molecule has 1 N–H and O–H groups in total. The standard InChI is InChI=1S/C26H26N4OS/c31-23-21-22(20-13-7-6-12-19(20)16-26(21)14-8-1-2-9-15-26)30-24(27-28-25(30)32)29(23)17-18-10-4-3-5-11-18/h3-7,10-13H,1-2,8-9,14-17H2,(H,28,32). The number of aromatic nitrogens is 4. The molecule has 1 spiro atoms. The second kappa shape index (κ2) is 7.55. The summed E-state index contributed by atoms with van der Waals surface area (Å²) in [6.07, 6.45) is 7.82. The summed E-state index contributed by atoms with van der Waals surface area (Å²) >= 11 is 5.72. The van der Waals surface area contributed by atoms with Gasteiger partial charge in [-0.15, -0.1) is 5.10 Å². The second-order valence-corrected chi connectivity index (χ2v) is 9.68. The van der Waals surface area contributed by atoms with Gasteiger partial charge in [0.1, 0.15) is 0 Å². The van der Waals surface area contributed by atoms with Crippen molar-refractivity contribution in [2.45, 2.75) is 56.9 Å². The first-order valence-electron chi connectivity index (χ1n) is 11.5. The zero-order chi connectivity index (χ0) is 21.7. The molecule has 162 valence electrons. The lowest BCUT2D eigenvalue weighted by molar-refractivity contribution is 0.356. The zero-order valence-electron chi connectivity index (χ0n) is 18.0. The van der Waals surface area contributed by atoms with Gasteiger partial charge in [-0.3, -0.25) is 13.8 Å². The molecule has 0 atom stereocenters. The summed E-state index contributed by atoms with van der Waals surface area (Å²) in [5, 5.41) is 7.49. The molecule has 0 aliphatic heterocycles. The Morgan fingerprint density at radius 1 is 0.969 bits per heavy atom. The Morgan fingerprint density at radius 2 is 1.69 bits per heavy atom. The molecule has 0 bridgehead atoms. The van der Waals surface area contributed by atoms with Crippen LogP contribution in [0.5, 0.6) is 0 Å². The molecule has 0 unspecified atom stereocenters. The summed E-state index contributed by atoms with van der Waals surface area (Å²) in [6, 6.07) is 18.6. The van der Waals surface area contributed by atoms with Crippen molar-refractivity contribution in [3.05, 3.63) is 86.4 Å². The van der Waals surface area contributed by atoms with Crippen molar-refractivity contribution in [3.8, 4) is 11.3 Å². The van der Waals surface area contributed by atoms with E-state index in [1.807, 2.05) is 27.2 Å². The Morgan fingerprint density at radius 3 is 2.47 bits per heavy atom. The van der Waals surface area contributed by atoms with E-state index in [-0.39, 0.29) is 11.0 Å². The predicted octanol–water partition coefficient (Wildman–Crippen LogP) is 5.42. The Bertz CT molecular complexity index is 1420. The van der Waals surface area contributed by atoms with Crippen LogP contribution in [0.25, 0.3) is 17.0 Å². The highest BCUT2D eigenvalue weighted by atomic mass is 32.1. The van der Waals surface area contributed by atoms with Crippen LogP contribution < -0.4 is 5.56 Å². The fourth-order valence-electron chi connectivity index (χ4n) is 5.94. The van der Waals surface area contributed by atoms with Crippen LogP contribution in [0.2, 0.25) is 0 Å². The van der Waals surface area contributed by atoms with E-state index in [9.17, 15) is 4.79 Å². The minimum absolute atomic E-state index is 0.0850. The van der Waals surface area contributed by atoms with E-state index in [1.54, 1.807) is 0 Å². The van der Waals surface area contributed by atoms with Crippen LogP contribution in [0.4, 0.5) is 0 Å². The second-order valence-electron chi connectivity index (χ2n) is 9.29. The largest absolute Gasteiger partial charge is 0.272 e. The number of rotatable bonds is 2.